The van der Waals surface area contributed by atoms with Crippen molar-refractivity contribution in [2.45, 2.75) is 13.8 Å². The number of methoxy groups -OCH3 is 1. The first-order valence-corrected chi connectivity index (χ1v) is 4.62. The molecule has 1 aromatic carbocycles. The van der Waals surface area contributed by atoms with E-state index in [1.165, 1.54) is 10.9 Å². The molecule has 0 aliphatic rings. The Kier molecular flexibility index (Phi) is 2.12. The van der Waals surface area contributed by atoms with E-state index in [0.717, 1.165) is 16.8 Å². The minimum atomic E-state index is 0.839. The minimum absolute atomic E-state index is 0.839. The summed E-state index contributed by atoms with van der Waals surface area (Å²) in [5, 5.41) is 2.30. The highest BCUT2D eigenvalue weighted by atomic mass is 16.5. The van der Waals surface area contributed by atoms with Gasteiger partial charge in [-0.2, -0.15) is 0 Å². The molecule has 2 nitrogen and oxygen atoms in total. The lowest BCUT2D eigenvalue weighted by Crippen LogP contribution is -1.90. The zero-order valence-electron chi connectivity index (χ0n) is 8.66. The molecule has 0 atom stereocenters. The number of hydrogen-bond acceptors (Lipinski definition) is 2. The maximum atomic E-state index is 5.26. The zero-order chi connectivity index (χ0) is 10.1. The highest BCUT2D eigenvalue weighted by Gasteiger charge is 2.04. The van der Waals surface area contributed by atoms with E-state index in [1.807, 2.05) is 6.92 Å². The van der Waals surface area contributed by atoms with Gasteiger partial charge in [0.2, 0.25) is 0 Å². The number of nitrogens with zero attached hydrogens (tertiary/aromatic N) is 1. The monoisotopic (exact) mass is 187 g/mol. The first-order chi connectivity index (χ1) is 6.72. The number of pyridine rings is 1. The normalized spacial score (nSPS) is 10.5. The summed E-state index contributed by atoms with van der Waals surface area (Å²) in [7, 11) is 1.67. The van der Waals surface area contributed by atoms with E-state index >= 15 is 0 Å². The first kappa shape index (κ1) is 9.00. The first-order valence-electron chi connectivity index (χ1n) is 4.62. The Hall–Kier alpha value is -1.57. The van der Waals surface area contributed by atoms with Crippen molar-refractivity contribution in [2.75, 3.05) is 7.11 Å². The van der Waals surface area contributed by atoms with Crippen LogP contribution in [-0.2, 0) is 0 Å². The highest BCUT2D eigenvalue weighted by Crippen LogP contribution is 2.26. The molecule has 0 radical (unpaired) electrons. The van der Waals surface area contributed by atoms with Gasteiger partial charge in [0.05, 0.1) is 13.3 Å². The van der Waals surface area contributed by atoms with Crippen LogP contribution in [0.5, 0.6) is 5.75 Å². The molecule has 0 unspecified atom stereocenters. The Balaban J connectivity index is 2.84. The molecule has 2 heteroatoms. The van der Waals surface area contributed by atoms with Crippen LogP contribution in [0.15, 0.2) is 24.4 Å². The summed E-state index contributed by atoms with van der Waals surface area (Å²) >= 11 is 0. The molecule has 2 aromatic rings. The molecule has 72 valence electrons. The van der Waals surface area contributed by atoms with Crippen LogP contribution in [0.1, 0.15) is 11.3 Å². The Morgan fingerprint density at radius 2 is 1.93 bits per heavy atom. The van der Waals surface area contributed by atoms with E-state index in [-0.39, 0.29) is 0 Å². The largest absolute Gasteiger partial charge is 0.494 e. The molecular formula is C12H13NO. The van der Waals surface area contributed by atoms with Crippen molar-refractivity contribution in [3.63, 3.8) is 0 Å². The Morgan fingerprint density at radius 3 is 2.64 bits per heavy atom. The van der Waals surface area contributed by atoms with E-state index in [0.29, 0.717) is 0 Å². The summed E-state index contributed by atoms with van der Waals surface area (Å²) in [5.74, 6) is 0.839. The third-order valence-electron chi connectivity index (χ3n) is 2.43. The van der Waals surface area contributed by atoms with E-state index in [9.17, 15) is 0 Å². The standard InChI is InChI=1S/C12H13NO/c1-8-4-5-10-11(6-8)9(2)13-7-12(10)14-3/h4-7H,1-3H3. The number of aryl methyl sites for hydroxylation is 2. The number of ether oxygens (including phenoxy) is 1. The SMILES string of the molecule is COc1cnc(C)c2cc(C)ccc12. The molecule has 14 heavy (non-hydrogen) atoms. The van der Waals surface area contributed by atoms with Crippen LogP contribution in [0, 0.1) is 13.8 Å². The third-order valence-corrected chi connectivity index (χ3v) is 2.43. The summed E-state index contributed by atoms with van der Waals surface area (Å²) in [6.45, 7) is 4.10. The predicted molar refractivity (Wildman–Crippen MR) is 57.8 cm³/mol. The summed E-state index contributed by atoms with van der Waals surface area (Å²) in [4.78, 5) is 4.29. The maximum Gasteiger partial charge on any atom is 0.144 e. The van der Waals surface area contributed by atoms with Gasteiger partial charge in [-0.3, -0.25) is 4.98 Å². The van der Waals surface area contributed by atoms with Crippen molar-refractivity contribution >= 4 is 10.8 Å². The Labute approximate surface area is 83.5 Å². The van der Waals surface area contributed by atoms with E-state index in [4.69, 9.17) is 4.74 Å². The molecule has 0 saturated heterocycles. The number of rotatable bonds is 1. The average Bonchev–Trinajstić information content (AvgIpc) is 2.19. The topological polar surface area (TPSA) is 22.1 Å². The van der Waals surface area contributed by atoms with Gasteiger partial charge in [-0.05, 0) is 19.9 Å². The lowest BCUT2D eigenvalue weighted by molar-refractivity contribution is 0.418. The Morgan fingerprint density at radius 1 is 1.14 bits per heavy atom. The summed E-state index contributed by atoms with van der Waals surface area (Å²) in [5.41, 5.74) is 2.29. The molecule has 0 N–H and O–H groups in total. The lowest BCUT2D eigenvalue weighted by atomic mass is 10.1. The van der Waals surface area contributed by atoms with Crippen LogP contribution in [0.2, 0.25) is 0 Å². The lowest BCUT2D eigenvalue weighted by Gasteiger charge is -2.07. The quantitative estimate of drug-likeness (QED) is 0.684. The second-order valence-corrected chi connectivity index (χ2v) is 3.46. The van der Waals surface area contributed by atoms with Crippen molar-refractivity contribution in [1.82, 2.24) is 4.98 Å². The van der Waals surface area contributed by atoms with Crippen molar-refractivity contribution in [2.24, 2.45) is 0 Å². The molecule has 0 bridgehead atoms. The molecule has 1 aromatic heterocycles. The fourth-order valence-corrected chi connectivity index (χ4v) is 1.63. The van der Waals surface area contributed by atoms with Gasteiger partial charge in [-0.25, -0.2) is 0 Å². The Bertz CT molecular complexity index is 477. The number of aromatic nitrogens is 1. The molecule has 2 rings (SSSR count). The molecular weight excluding hydrogens is 174 g/mol. The van der Waals surface area contributed by atoms with Crippen molar-refractivity contribution in [1.29, 1.82) is 0 Å². The minimum Gasteiger partial charge on any atom is -0.494 e. The van der Waals surface area contributed by atoms with Crippen LogP contribution in [0.4, 0.5) is 0 Å². The third kappa shape index (κ3) is 1.33. The molecule has 0 aliphatic carbocycles. The van der Waals surface area contributed by atoms with Gasteiger partial charge in [0, 0.05) is 16.5 Å². The van der Waals surface area contributed by atoms with Crippen molar-refractivity contribution in [3.8, 4) is 5.75 Å². The summed E-state index contributed by atoms with van der Waals surface area (Å²) < 4.78 is 5.26. The van der Waals surface area contributed by atoms with E-state index in [2.05, 4.69) is 30.1 Å². The van der Waals surface area contributed by atoms with Crippen LogP contribution in [-0.4, -0.2) is 12.1 Å². The number of hydrogen-bond donors (Lipinski definition) is 0. The summed E-state index contributed by atoms with van der Waals surface area (Å²) in [6, 6.07) is 6.31. The highest BCUT2D eigenvalue weighted by molar-refractivity contribution is 5.90. The molecule has 0 spiro atoms. The van der Waals surface area contributed by atoms with Gasteiger partial charge in [0.1, 0.15) is 5.75 Å². The van der Waals surface area contributed by atoms with Crippen molar-refractivity contribution < 1.29 is 4.74 Å². The molecule has 1 heterocycles. The second-order valence-electron chi connectivity index (χ2n) is 3.46. The van der Waals surface area contributed by atoms with Gasteiger partial charge in [0.25, 0.3) is 0 Å². The number of fused-ring (bicyclic) bond motifs is 1. The van der Waals surface area contributed by atoms with Crippen LogP contribution in [0.3, 0.4) is 0 Å². The van der Waals surface area contributed by atoms with Gasteiger partial charge in [-0.1, -0.05) is 17.7 Å². The molecule has 0 aliphatic heterocycles. The van der Waals surface area contributed by atoms with Gasteiger partial charge < -0.3 is 4.74 Å². The fraction of sp³-hybridized carbons (Fsp3) is 0.250. The zero-order valence-corrected chi connectivity index (χ0v) is 8.66. The van der Waals surface area contributed by atoms with Gasteiger partial charge in [-0.15, -0.1) is 0 Å². The summed E-state index contributed by atoms with van der Waals surface area (Å²) in [6.07, 6.45) is 1.77. The smallest absolute Gasteiger partial charge is 0.144 e. The van der Waals surface area contributed by atoms with Gasteiger partial charge in [0.15, 0.2) is 0 Å². The van der Waals surface area contributed by atoms with E-state index < -0.39 is 0 Å². The maximum absolute atomic E-state index is 5.26. The van der Waals surface area contributed by atoms with Crippen molar-refractivity contribution in [3.05, 3.63) is 35.7 Å². The van der Waals surface area contributed by atoms with Crippen LogP contribution >= 0.6 is 0 Å². The van der Waals surface area contributed by atoms with E-state index in [1.54, 1.807) is 13.3 Å². The molecule has 0 fully saturated rings. The van der Waals surface area contributed by atoms with Crippen LogP contribution in [0.25, 0.3) is 10.8 Å². The van der Waals surface area contributed by atoms with Gasteiger partial charge >= 0.3 is 0 Å². The molecule has 0 saturated carbocycles. The average molecular weight is 187 g/mol. The molecule has 0 amide bonds. The van der Waals surface area contributed by atoms with Crippen LogP contribution < -0.4 is 4.74 Å². The second kappa shape index (κ2) is 3.29. The predicted octanol–water partition coefficient (Wildman–Crippen LogP) is 2.86. The number of benzene rings is 1. The fourth-order valence-electron chi connectivity index (χ4n) is 1.63.